The third-order valence-electron chi connectivity index (χ3n) is 4.57. The number of nitrogens with zero attached hydrogens (tertiary/aromatic N) is 1. The van der Waals surface area contributed by atoms with E-state index in [4.69, 9.17) is 4.74 Å². The van der Waals surface area contributed by atoms with Gasteiger partial charge in [-0.2, -0.15) is 4.31 Å². The van der Waals surface area contributed by atoms with Gasteiger partial charge in [-0.15, -0.1) is 0 Å². The quantitative estimate of drug-likeness (QED) is 0.884. The summed E-state index contributed by atoms with van der Waals surface area (Å²) in [4.78, 5) is 0.0420. The van der Waals surface area contributed by atoms with E-state index in [9.17, 15) is 17.9 Å². The van der Waals surface area contributed by atoms with Crippen molar-refractivity contribution in [1.29, 1.82) is 0 Å². The molecule has 1 N–H and O–H groups in total. The zero-order chi connectivity index (χ0) is 18.0. The summed E-state index contributed by atoms with van der Waals surface area (Å²) >= 11 is 0. The highest BCUT2D eigenvalue weighted by Crippen LogP contribution is 2.41. The highest BCUT2D eigenvalue weighted by molar-refractivity contribution is 7.89. The molecule has 0 bridgehead atoms. The van der Waals surface area contributed by atoms with Crippen LogP contribution in [0, 0.1) is 11.7 Å². The van der Waals surface area contributed by atoms with Gasteiger partial charge in [-0.1, -0.05) is 12.1 Å². The first-order valence-electron chi connectivity index (χ1n) is 7.99. The van der Waals surface area contributed by atoms with Crippen molar-refractivity contribution in [2.45, 2.75) is 17.4 Å². The average molecular weight is 365 g/mol. The van der Waals surface area contributed by atoms with Crippen LogP contribution in [-0.4, -0.2) is 38.1 Å². The number of hydrogen-bond acceptors (Lipinski definition) is 4. The van der Waals surface area contributed by atoms with Crippen LogP contribution in [0.1, 0.15) is 18.0 Å². The van der Waals surface area contributed by atoms with Gasteiger partial charge in [0.2, 0.25) is 10.0 Å². The van der Waals surface area contributed by atoms with Gasteiger partial charge in [0, 0.05) is 19.1 Å². The fraction of sp³-hybridized carbons (Fsp3) is 0.333. The summed E-state index contributed by atoms with van der Waals surface area (Å²) in [6, 6.07) is 11.5. The zero-order valence-corrected chi connectivity index (χ0v) is 14.6. The first-order valence-corrected chi connectivity index (χ1v) is 9.43. The number of hydrogen-bond donors (Lipinski definition) is 1. The molecule has 3 rings (SSSR count). The maximum absolute atomic E-state index is 13.1. The largest absolute Gasteiger partial charge is 0.497 e. The topological polar surface area (TPSA) is 66.8 Å². The van der Waals surface area contributed by atoms with Crippen LogP contribution in [0.5, 0.6) is 5.75 Å². The molecule has 2 aromatic rings. The predicted molar refractivity (Wildman–Crippen MR) is 91.2 cm³/mol. The van der Waals surface area contributed by atoms with Crippen LogP contribution in [0.2, 0.25) is 0 Å². The number of aliphatic hydroxyl groups excluding tert-OH is 1. The number of methoxy groups -OCH3 is 1. The molecule has 0 radical (unpaired) electrons. The zero-order valence-electron chi connectivity index (χ0n) is 13.8. The van der Waals surface area contributed by atoms with Gasteiger partial charge >= 0.3 is 0 Å². The van der Waals surface area contributed by atoms with Crippen LogP contribution in [0.15, 0.2) is 53.4 Å². The van der Waals surface area contributed by atoms with Crippen LogP contribution in [0.4, 0.5) is 4.39 Å². The monoisotopic (exact) mass is 365 g/mol. The number of aliphatic hydroxyl groups is 1. The van der Waals surface area contributed by atoms with E-state index in [0.717, 1.165) is 17.7 Å². The minimum atomic E-state index is -3.80. The van der Waals surface area contributed by atoms with E-state index in [1.165, 1.54) is 16.4 Å². The summed E-state index contributed by atoms with van der Waals surface area (Å²) in [5.41, 5.74) is 0.765. The normalized spacial score (nSPS) is 21.4. The third kappa shape index (κ3) is 3.40. The Balaban J connectivity index is 2.02. The molecular weight excluding hydrogens is 345 g/mol. The van der Waals surface area contributed by atoms with Crippen molar-refractivity contribution in [3.63, 3.8) is 0 Å². The molecule has 134 valence electrons. The third-order valence-corrected chi connectivity index (χ3v) is 6.46. The van der Waals surface area contributed by atoms with Crippen molar-refractivity contribution < 1.29 is 22.7 Å². The molecule has 25 heavy (non-hydrogen) atoms. The summed E-state index contributed by atoms with van der Waals surface area (Å²) in [5.74, 6) is -0.0690. The second-order valence-electron chi connectivity index (χ2n) is 6.02. The fourth-order valence-corrected chi connectivity index (χ4v) is 4.98. The number of ether oxygens (including phenoxy) is 1. The molecule has 1 aliphatic rings. The summed E-state index contributed by atoms with van der Waals surface area (Å²) in [5, 5.41) is 9.71. The lowest BCUT2D eigenvalue weighted by molar-refractivity contribution is 0.199. The summed E-state index contributed by atoms with van der Waals surface area (Å²) < 4.78 is 45.8. The molecule has 0 aliphatic carbocycles. The van der Waals surface area contributed by atoms with E-state index in [0.29, 0.717) is 18.7 Å². The van der Waals surface area contributed by atoms with Gasteiger partial charge in [0.1, 0.15) is 11.6 Å². The van der Waals surface area contributed by atoms with Crippen molar-refractivity contribution >= 4 is 10.0 Å². The van der Waals surface area contributed by atoms with Crippen LogP contribution in [-0.2, 0) is 10.0 Å². The van der Waals surface area contributed by atoms with Crippen molar-refractivity contribution in [1.82, 2.24) is 4.31 Å². The van der Waals surface area contributed by atoms with Crippen LogP contribution in [0.3, 0.4) is 0 Å². The number of halogens is 1. The molecule has 0 saturated carbocycles. The molecule has 1 saturated heterocycles. The van der Waals surface area contributed by atoms with Gasteiger partial charge in [0.25, 0.3) is 0 Å². The second kappa shape index (κ2) is 7.11. The minimum absolute atomic E-state index is 0.0420. The Hall–Kier alpha value is -1.96. The molecule has 2 aromatic carbocycles. The Morgan fingerprint density at radius 2 is 1.96 bits per heavy atom. The Morgan fingerprint density at radius 1 is 1.24 bits per heavy atom. The van der Waals surface area contributed by atoms with E-state index in [2.05, 4.69) is 0 Å². The molecule has 0 amide bonds. The maximum atomic E-state index is 13.1. The van der Waals surface area contributed by atoms with Gasteiger partial charge < -0.3 is 9.84 Å². The Kier molecular flexibility index (Phi) is 5.08. The molecular formula is C18H20FNO4S. The highest BCUT2D eigenvalue weighted by atomic mass is 32.2. The predicted octanol–water partition coefficient (Wildman–Crippen LogP) is 2.58. The molecule has 1 fully saturated rings. The molecule has 0 aromatic heterocycles. The lowest BCUT2D eigenvalue weighted by atomic mass is 9.95. The molecule has 2 atom stereocenters. The highest BCUT2D eigenvalue weighted by Gasteiger charge is 2.42. The number of benzene rings is 2. The summed E-state index contributed by atoms with van der Waals surface area (Å²) in [6.07, 6.45) is 0.554. The van der Waals surface area contributed by atoms with Crippen molar-refractivity contribution in [2.75, 3.05) is 20.3 Å². The van der Waals surface area contributed by atoms with E-state index >= 15 is 0 Å². The minimum Gasteiger partial charge on any atom is -0.497 e. The Morgan fingerprint density at radius 3 is 2.60 bits per heavy atom. The lowest BCUT2D eigenvalue weighted by Gasteiger charge is -2.27. The fourth-order valence-electron chi connectivity index (χ4n) is 3.29. The molecule has 2 unspecified atom stereocenters. The average Bonchev–Trinajstić information content (AvgIpc) is 3.07. The standard InChI is InChI=1S/C18H20FNO4S/c1-24-16-4-2-3-13(11-16)18-14(12-21)9-10-20(18)25(22,23)17-7-5-15(19)6-8-17/h2-8,11,14,18,21H,9-10,12H2,1H3. The molecule has 1 aliphatic heterocycles. The maximum Gasteiger partial charge on any atom is 0.243 e. The summed E-state index contributed by atoms with van der Waals surface area (Å²) in [7, 11) is -2.25. The van der Waals surface area contributed by atoms with E-state index in [1.54, 1.807) is 25.3 Å². The van der Waals surface area contributed by atoms with E-state index in [-0.39, 0.29) is 17.4 Å². The molecule has 5 nitrogen and oxygen atoms in total. The number of rotatable bonds is 5. The SMILES string of the molecule is COc1cccc(C2C(CO)CCN2S(=O)(=O)c2ccc(F)cc2)c1. The Labute approximate surface area is 146 Å². The van der Waals surface area contributed by atoms with Gasteiger partial charge in [-0.25, -0.2) is 12.8 Å². The molecule has 7 heteroatoms. The summed E-state index contributed by atoms with van der Waals surface area (Å²) in [6.45, 7) is 0.185. The number of sulfonamides is 1. The van der Waals surface area contributed by atoms with Gasteiger partial charge in [-0.3, -0.25) is 0 Å². The van der Waals surface area contributed by atoms with Gasteiger partial charge in [0.15, 0.2) is 0 Å². The van der Waals surface area contributed by atoms with E-state index < -0.39 is 21.9 Å². The van der Waals surface area contributed by atoms with Gasteiger partial charge in [0.05, 0.1) is 18.0 Å². The molecule has 1 heterocycles. The van der Waals surface area contributed by atoms with Crippen molar-refractivity contribution in [2.24, 2.45) is 5.92 Å². The Bertz CT molecular complexity index is 838. The van der Waals surface area contributed by atoms with E-state index in [1.807, 2.05) is 6.07 Å². The second-order valence-corrected chi connectivity index (χ2v) is 7.91. The van der Waals surface area contributed by atoms with Crippen molar-refractivity contribution in [3.8, 4) is 5.75 Å². The first kappa shape index (κ1) is 17.8. The smallest absolute Gasteiger partial charge is 0.243 e. The van der Waals surface area contributed by atoms with Crippen molar-refractivity contribution in [3.05, 3.63) is 59.9 Å². The van der Waals surface area contributed by atoms with Gasteiger partial charge in [-0.05, 0) is 48.4 Å². The van der Waals surface area contributed by atoms with Crippen LogP contribution < -0.4 is 4.74 Å². The molecule has 0 spiro atoms. The first-order chi connectivity index (χ1) is 12.0. The van der Waals surface area contributed by atoms with Crippen LogP contribution >= 0.6 is 0 Å². The lowest BCUT2D eigenvalue weighted by Crippen LogP contribution is -2.32. The van der Waals surface area contributed by atoms with Crippen LogP contribution in [0.25, 0.3) is 0 Å².